The summed E-state index contributed by atoms with van der Waals surface area (Å²) in [6.07, 6.45) is 8.92. The van der Waals surface area contributed by atoms with Crippen molar-refractivity contribution in [2.45, 2.75) is 72.0 Å². The van der Waals surface area contributed by atoms with Gasteiger partial charge in [0.2, 0.25) is 21.8 Å². The lowest BCUT2D eigenvalue weighted by molar-refractivity contribution is -0.203. The summed E-state index contributed by atoms with van der Waals surface area (Å²) in [5.74, 6) is -2.40. The first kappa shape index (κ1) is 31.0. The topological polar surface area (TPSA) is 114 Å². The maximum absolute atomic E-state index is 13.5. The number of amides is 2. The second kappa shape index (κ2) is 15.9. The molecule has 1 fully saturated rings. The predicted molar refractivity (Wildman–Crippen MR) is 144 cm³/mol. The zero-order chi connectivity index (χ0) is 27.3. The summed E-state index contributed by atoms with van der Waals surface area (Å²) in [5.41, 5.74) is 6.07. The number of carbonyl (C=O) groups excluding carboxylic acids is 2. The monoisotopic (exact) mass is 537 g/mol. The molecule has 10 heteroatoms. The van der Waals surface area contributed by atoms with Crippen molar-refractivity contribution in [3.8, 4) is 0 Å². The lowest BCUT2D eigenvalue weighted by atomic mass is 9.82. The van der Waals surface area contributed by atoms with E-state index in [1.807, 2.05) is 63.3 Å². The van der Waals surface area contributed by atoms with Gasteiger partial charge < -0.3 is 4.74 Å². The minimum Gasteiger partial charge on any atom is -0.350 e. The highest BCUT2D eigenvalue weighted by Gasteiger charge is 2.36. The number of hydroxylamine groups is 1. The van der Waals surface area contributed by atoms with Crippen molar-refractivity contribution in [1.82, 2.24) is 15.3 Å². The van der Waals surface area contributed by atoms with E-state index in [9.17, 15) is 18.0 Å². The van der Waals surface area contributed by atoms with Gasteiger partial charge in [0.15, 0.2) is 6.29 Å². The number of hydrogen-bond donors (Lipinski definition) is 2. The lowest BCUT2D eigenvalue weighted by Crippen LogP contribution is -2.51. The summed E-state index contributed by atoms with van der Waals surface area (Å²) in [6, 6.07) is 9.67. The summed E-state index contributed by atoms with van der Waals surface area (Å²) in [7, 11) is -3.67. The fourth-order valence-corrected chi connectivity index (χ4v) is 4.86. The number of allylic oxidation sites excluding steroid dienone is 1. The maximum atomic E-state index is 13.5. The van der Waals surface area contributed by atoms with Gasteiger partial charge in [0.05, 0.1) is 18.1 Å². The number of carbonyl (C=O) groups is 2. The summed E-state index contributed by atoms with van der Waals surface area (Å²) in [5, 5.41) is 0. The highest BCUT2D eigenvalue weighted by atomic mass is 32.2. The first-order valence-electron chi connectivity index (χ1n) is 13.2. The molecule has 2 N–H and O–H groups in total. The number of rotatable bonds is 15. The Kier molecular flexibility index (Phi) is 13.3. The van der Waals surface area contributed by atoms with E-state index in [0.29, 0.717) is 25.9 Å². The van der Waals surface area contributed by atoms with E-state index in [0.717, 1.165) is 35.5 Å². The first-order chi connectivity index (χ1) is 17.6. The first-order valence-corrected chi connectivity index (χ1v) is 15.0. The number of hydrazine groups is 1. The number of benzene rings is 1. The highest BCUT2D eigenvalue weighted by molar-refractivity contribution is 7.88. The molecule has 208 valence electrons. The molecule has 1 unspecified atom stereocenters. The van der Waals surface area contributed by atoms with Crippen LogP contribution in [0.4, 0.5) is 0 Å². The molecule has 2 rings (SSSR count). The van der Waals surface area contributed by atoms with E-state index < -0.39 is 40.0 Å². The lowest BCUT2D eigenvalue weighted by Gasteiger charge is -2.30. The van der Waals surface area contributed by atoms with Crippen LogP contribution in [0.1, 0.15) is 71.3 Å². The van der Waals surface area contributed by atoms with E-state index in [4.69, 9.17) is 9.57 Å². The van der Waals surface area contributed by atoms with Gasteiger partial charge >= 0.3 is 0 Å². The molecule has 1 aromatic carbocycles. The quantitative estimate of drug-likeness (QED) is 0.327. The van der Waals surface area contributed by atoms with E-state index in [-0.39, 0.29) is 18.9 Å². The Morgan fingerprint density at radius 1 is 1.16 bits per heavy atom. The maximum Gasteiger partial charge on any atom is 0.247 e. The van der Waals surface area contributed by atoms with Crippen molar-refractivity contribution in [1.29, 1.82) is 0 Å². The fraction of sp³-hybridized carbons (Fsp3) is 0.630. The largest absolute Gasteiger partial charge is 0.350 e. The van der Waals surface area contributed by atoms with Crippen LogP contribution in [0.2, 0.25) is 0 Å². The number of sulfonamides is 1. The third-order valence-electron chi connectivity index (χ3n) is 6.16. The molecule has 0 saturated carbocycles. The Morgan fingerprint density at radius 3 is 2.49 bits per heavy atom. The van der Waals surface area contributed by atoms with Crippen LogP contribution in [0.25, 0.3) is 6.08 Å². The molecule has 1 aliphatic rings. The standard InChI is InChI=1S/C27H43N3O6S/c1-5-6-18-30(37(4,33)34)28-26(31)24(20-21(2)3)23(16-12-15-22-13-8-7-9-14-22)27(32)29-36-25-17-10-11-19-35-25/h7-9,12-15,21,23-25H,5-6,10-11,16-20H2,1-4H3,(H,28,31)(H,29,32)/b15-12+/t23-,24+,25?/m0/s1. The molecule has 0 bridgehead atoms. The predicted octanol–water partition coefficient (Wildman–Crippen LogP) is 4.04. The average Bonchev–Trinajstić information content (AvgIpc) is 2.87. The minimum atomic E-state index is -3.67. The number of hydrogen-bond acceptors (Lipinski definition) is 6. The number of unbranched alkanes of at least 4 members (excludes halogenated alkanes) is 1. The zero-order valence-corrected chi connectivity index (χ0v) is 23.3. The molecule has 37 heavy (non-hydrogen) atoms. The van der Waals surface area contributed by atoms with Gasteiger partial charge in [-0.2, -0.15) is 0 Å². The van der Waals surface area contributed by atoms with E-state index in [1.54, 1.807) is 0 Å². The Balaban J connectivity index is 2.26. The van der Waals surface area contributed by atoms with Crippen molar-refractivity contribution in [2.75, 3.05) is 19.4 Å². The van der Waals surface area contributed by atoms with Crippen LogP contribution >= 0.6 is 0 Å². The second-order valence-corrected chi connectivity index (χ2v) is 11.8. The van der Waals surface area contributed by atoms with Gasteiger partial charge in [0.1, 0.15) is 0 Å². The smallest absolute Gasteiger partial charge is 0.247 e. The van der Waals surface area contributed by atoms with Crippen molar-refractivity contribution in [3.63, 3.8) is 0 Å². The van der Waals surface area contributed by atoms with Gasteiger partial charge in [-0.15, -0.1) is 4.41 Å². The fourth-order valence-electron chi connectivity index (χ4n) is 4.15. The number of nitrogens with zero attached hydrogens (tertiary/aromatic N) is 1. The molecule has 0 spiro atoms. The van der Waals surface area contributed by atoms with E-state index in [1.165, 1.54) is 0 Å². The van der Waals surface area contributed by atoms with Crippen LogP contribution in [0.15, 0.2) is 36.4 Å². The summed E-state index contributed by atoms with van der Waals surface area (Å²) >= 11 is 0. The van der Waals surface area contributed by atoms with Crippen LogP contribution in [-0.4, -0.2) is 50.3 Å². The molecule has 0 aromatic heterocycles. The Labute approximate surface area is 221 Å². The van der Waals surface area contributed by atoms with Gasteiger partial charge in [-0.3, -0.25) is 15.0 Å². The molecule has 0 radical (unpaired) electrons. The summed E-state index contributed by atoms with van der Waals surface area (Å²) < 4.78 is 31.2. The van der Waals surface area contributed by atoms with Gasteiger partial charge in [-0.1, -0.05) is 69.7 Å². The van der Waals surface area contributed by atoms with E-state index in [2.05, 4.69) is 10.9 Å². The molecular weight excluding hydrogens is 494 g/mol. The zero-order valence-electron chi connectivity index (χ0n) is 22.5. The minimum absolute atomic E-state index is 0.0917. The van der Waals surface area contributed by atoms with Crippen molar-refractivity contribution >= 4 is 27.9 Å². The van der Waals surface area contributed by atoms with Gasteiger partial charge in [-0.05, 0) is 43.6 Å². The Morgan fingerprint density at radius 2 is 1.89 bits per heavy atom. The average molecular weight is 538 g/mol. The van der Waals surface area contributed by atoms with Gasteiger partial charge in [0.25, 0.3) is 0 Å². The molecule has 0 aliphatic carbocycles. The molecule has 1 heterocycles. The highest BCUT2D eigenvalue weighted by Crippen LogP contribution is 2.26. The van der Waals surface area contributed by atoms with E-state index >= 15 is 0 Å². The number of nitrogens with one attached hydrogen (secondary N) is 2. The second-order valence-electron chi connectivity index (χ2n) is 9.94. The van der Waals surface area contributed by atoms with Gasteiger partial charge in [0, 0.05) is 19.6 Å². The van der Waals surface area contributed by atoms with Crippen LogP contribution < -0.4 is 10.9 Å². The third kappa shape index (κ3) is 11.3. The summed E-state index contributed by atoms with van der Waals surface area (Å²) in [4.78, 5) is 32.4. The molecular formula is C27H43N3O6S. The summed E-state index contributed by atoms with van der Waals surface area (Å²) in [6.45, 7) is 6.61. The third-order valence-corrected chi connectivity index (χ3v) is 7.24. The molecule has 1 aliphatic heterocycles. The van der Waals surface area contributed by atoms with Crippen LogP contribution in [-0.2, 0) is 29.2 Å². The molecule has 2 amide bonds. The molecule has 9 nitrogen and oxygen atoms in total. The Hall–Kier alpha value is -2.27. The van der Waals surface area contributed by atoms with Crippen molar-refractivity contribution < 1.29 is 27.6 Å². The normalized spacial score (nSPS) is 18.2. The van der Waals surface area contributed by atoms with Crippen LogP contribution in [0.3, 0.4) is 0 Å². The van der Waals surface area contributed by atoms with Crippen LogP contribution in [0, 0.1) is 17.8 Å². The molecule has 3 atom stereocenters. The Bertz CT molecular complexity index is 962. The van der Waals surface area contributed by atoms with Crippen molar-refractivity contribution in [3.05, 3.63) is 42.0 Å². The molecule has 1 aromatic rings. The van der Waals surface area contributed by atoms with Crippen molar-refractivity contribution in [2.24, 2.45) is 17.8 Å². The number of ether oxygens (including phenoxy) is 1. The van der Waals surface area contributed by atoms with Gasteiger partial charge in [-0.25, -0.2) is 18.7 Å². The van der Waals surface area contributed by atoms with Crippen LogP contribution in [0.5, 0.6) is 0 Å². The molecule has 1 saturated heterocycles. The SMILES string of the molecule is CCCCN(NC(=O)[C@H](CC(C)C)[C@H](C/C=C/c1ccccc1)C(=O)NOC1CCCCO1)S(C)(=O)=O.